The predicted molar refractivity (Wildman–Crippen MR) is 119 cm³/mol. The summed E-state index contributed by atoms with van der Waals surface area (Å²) in [6, 6.07) is 9.47. The average Bonchev–Trinajstić information content (AvgIpc) is 3.14. The first-order valence-corrected chi connectivity index (χ1v) is 10.6. The second kappa shape index (κ2) is 8.53. The topological polar surface area (TPSA) is 107 Å². The number of amides is 3. The van der Waals surface area contributed by atoms with E-state index in [4.69, 9.17) is 13.9 Å². The van der Waals surface area contributed by atoms with Crippen molar-refractivity contribution in [3.63, 3.8) is 0 Å². The molecule has 8 nitrogen and oxygen atoms in total. The molecule has 0 bridgehead atoms. The van der Waals surface area contributed by atoms with Crippen molar-refractivity contribution in [1.82, 2.24) is 10.6 Å². The number of fused-ring (bicyclic) bond motifs is 3. The fourth-order valence-electron chi connectivity index (χ4n) is 3.84. The summed E-state index contributed by atoms with van der Waals surface area (Å²) in [6.45, 7) is 6.02. The van der Waals surface area contributed by atoms with Crippen LogP contribution in [0.4, 0.5) is 4.79 Å². The molecule has 0 radical (unpaired) electrons. The van der Waals surface area contributed by atoms with Crippen molar-refractivity contribution in [2.75, 3.05) is 13.2 Å². The first-order chi connectivity index (χ1) is 15.2. The average molecular weight is 438 g/mol. The van der Waals surface area contributed by atoms with E-state index in [1.165, 1.54) is 0 Å². The largest absolute Gasteiger partial charge is 0.492 e. The van der Waals surface area contributed by atoms with E-state index in [0.29, 0.717) is 37.3 Å². The minimum Gasteiger partial charge on any atom is -0.492 e. The van der Waals surface area contributed by atoms with Crippen LogP contribution in [0.1, 0.15) is 45.1 Å². The Morgan fingerprint density at radius 1 is 1.22 bits per heavy atom. The molecule has 0 aliphatic carbocycles. The first-order valence-electron chi connectivity index (χ1n) is 10.6. The summed E-state index contributed by atoms with van der Waals surface area (Å²) in [5.74, 6) is -0.298. The van der Waals surface area contributed by atoms with Crippen LogP contribution >= 0.6 is 0 Å². The lowest BCUT2D eigenvalue weighted by Crippen LogP contribution is -2.39. The van der Waals surface area contributed by atoms with Crippen molar-refractivity contribution in [1.29, 1.82) is 0 Å². The molecular weight excluding hydrogens is 412 g/mol. The summed E-state index contributed by atoms with van der Waals surface area (Å²) in [6.07, 6.45) is 1.89. The van der Waals surface area contributed by atoms with Gasteiger partial charge in [-0.3, -0.25) is 14.9 Å². The van der Waals surface area contributed by atoms with E-state index in [0.717, 1.165) is 21.7 Å². The van der Waals surface area contributed by atoms with Gasteiger partial charge >= 0.3 is 6.09 Å². The summed E-state index contributed by atoms with van der Waals surface area (Å²) in [5, 5.41) is 7.81. The maximum atomic E-state index is 12.4. The Bertz CT molecular complexity index is 1190. The van der Waals surface area contributed by atoms with Crippen LogP contribution < -0.4 is 15.4 Å². The maximum Gasteiger partial charge on any atom is 0.407 e. The van der Waals surface area contributed by atoms with E-state index in [1.807, 2.05) is 30.3 Å². The number of piperidine rings is 1. The highest BCUT2D eigenvalue weighted by molar-refractivity contribution is 6.10. The van der Waals surface area contributed by atoms with Gasteiger partial charge in [-0.05, 0) is 62.2 Å². The van der Waals surface area contributed by atoms with Gasteiger partial charge in [0, 0.05) is 17.4 Å². The van der Waals surface area contributed by atoms with E-state index in [1.54, 1.807) is 27.0 Å². The smallest absolute Gasteiger partial charge is 0.407 e. The molecule has 8 heteroatoms. The zero-order valence-electron chi connectivity index (χ0n) is 18.3. The Morgan fingerprint density at radius 3 is 2.78 bits per heavy atom. The van der Waals surface area contributed by atoms with E-state index in [2.05, 4.69) is 10.6 Å². The summed E-state index contributed by atoms with van der Waals surface area (Å²) in [4.78, 5) is 35.6. The lowest BCUT2D eigenvalue weighted by molar-refractivity contribution is -0.134. The highest BCUT2D eigenvalue weighted by Crippen LogP contribution is 2.37. The van der Waals surface area contributed by atoms with Gasteiger partial charge in [0.2, 0.25) is 11.8 Å². The van der Waals surface area contributed by atoms with Crippen LogP contribution in [-0.2, 0) is 14.3 Å². The number of carbonyl (C=O) groups excluding carboxylic acids is 3. The molecule has 2 N–H and O–H groups in total. The third-order valence-electron chi connectivity index (χ3n) is 5.21. The maximum absolute atomic E-state index is 12.4. The molecular formula is C24H26N2O6. The van der Waals surface area contributed by atoms with Gasteiger partial charge in [0.1, 0.15) is 23.5 Å². The number of hydrogen-bond donors (Lipinski definition) is 2. The fourth-order valence-corrected chi connectivity index (χ4v) is 3.84. The molecule has 0 unspecified atom stereocenters. The molecule has 0 saturated carbocycles. The molecule has 1 aliphatic rings. The Labute approximate surface area is 185 Å². The molecule has 3 amide bonds. The van der Waals surface area contributed by atoms with Gasteiger partial charge in [-0.2, -0.15) is 0 Å². The Morgan fingerprint density at radius 2 is 2.03 bits per heavy atom. The standard InChI is InChI=1S/C24H26N2O6/c1-24(2,3)32-23(29)25-10-11-30-15-5-6-16-14(12-15)4-8-19-21(16)18(13-31-19)17-7-9-20(27)26-22(17)28/h4-6,8,12-13,17H,7,9-11H2,1-3H3,(H,25,29)(H,26,27,28)/t17-/m0/s1. The second-order valence-corrected chi connectivity index (χ2v) is 8.79. The number of benzene rings is 2. The van der Waals surface area contributed by atoms with E-state index in [-0.39, 0.29) is 11.8 Å². The van der Waals surface area contributed by atoms with E-state index < -0.39 is 17.6 Å². The number of nitrogens with one attached hydrogen (secondary N) is 2. The molecule has 1 fully saturated rings. The summed E-state index contributed by atoms with van der Waals surface area (Å²) in [5.41, 5.74) is 0.923. The van der Waals surface area contributed by atoms with Crippen LogP contribution in [0.5, 0.6) is 5.75 Å². The molecule has 4 rings (SSSR count). The number of carbonyl (C=O) groups is 3. The van der Waals surface area contributed by atoms with Crippen LogP contribution in [0, 0.1) is 0 Å². The van der Waals surface area contributed by atoms with Crippen LogP contribution in [-0.4, -0.2) is 36.7 Å². The summed E-state index contributed by atoms with van der Waals surface area (Å²) < 4.78 is 16.7. The molecule has 32 heavy (non-hydrogen) atoms. The molecule has 3 aromatic rings. The highest BCUT2D eigenvalue weighted by Gasteiger charge is 2.31. The molecule has 0 spiro atoms. The minimum absolute atomic E-state index is 0.244. The Balaban J connectivity index is 1.49. The molecule has 168 valence electrons. The summed E-state index contributed by atoms with van der Waals surface area (Å²) >= 11 is 0. The minimum atomic E-state index is -0.547. The molecule has 1 atom stereocenters. The van der Waals surface area contributed by atoms with Gasteiger partial charge in [-0.1, -0.05) is 6.07 Å². The van der Waals surface area contributed by atoms with Crippen molar-refractivity contribution in [3.8, 4) is 5.75 Å². The number of ether oxygens (including phenoxy) is 2. The van der Waals surface area contributed by atoms with Crippen molar-refractivity contribution in [2.24, 2.45) is 0 Å². The lowest BCUT2D eigenvalue weighted by Gasteiger charge is -2.20. The van der Waals surface area contributed by atoms with Crippen molar-refractivity contribution in [2.45, 2.75) is 45.1 Å². The van der Waals surface area contributed by atoms with Crippen LogP contribution in [0.15, 0.2) is 41.0 Å². The van der Waals surface area contributed by atoms with Crippen LogP contribution in [0.3, 0.4) is 0 Å². The number of furan rings is 1. The molecule has 2 aromatic carbocycles. The monoisotopic (exact) mass is 438 g/mol. The number of hydrogen-bond acceptors (Lipinski definition) is 6. The predicted octanol–water partition coefficient (Wildman–Crippen LogP) is 4.01. The number of alkyl carbamates (subject to hydrolysis) is 1. The number of rotatable bonds is 5. The zero-order chi connectivity index (χ0) is 22.9. The Hall–Kier alpha value is -3.55. The van der Waals surface area contributed by atoms with Crippen molar-refractivity contribution >= 4 is 39.6 Å². The third-order valence-corrected chi connectivity index (χ3v) is 5.21. The zero-order valence-corrected chi connectivity index (χ0v) is 18.3. The lowest BCUT2D eigenvalue weighted by atomic mass is 9.89. The van der Waals surface area contributed by atoms with Gasteiger partial charge in [0.25, 0.3) is 0 Å². The second-order valence-electron chi connectivity index (χ2n) is 8.79. The number of imide groups is 1. The van der Waals surface area contributed by atoms with Gasteiger partial charge in [0.05, 0.1) is 18.7 Å². The van der Waals surface area contributed by atoms with Gasteiger partial charge in [-0.25, -0.2) is 4.79 Å². The van der Waals surface area contributed by atoms with Gasteiger partial charge < -0.3 is 19.2 Å². The van der Waals surface area contributed by atoms with E-state index >= 15 is 0 Å². The third kappa shape index (κ3) is 4.69. The first kappa shape index (κ1) is 21.7. The molecule has 1 aromatic heterocycles. The molecule has 2 heterocycles. The quantitative estimate of drug-likeness (QED) is 0.460. The van der Waals surface area contributed by atoms with Crippen molar-refractivity contribution < 1.29 is 28.3 Å². The van der Waals surface area contributed by atoms with Gasteiger partial charge in [-0.15, -0.1) is 0 Å². The SMILES string of the molecule is CC(C)(C)OC(=O)NCCOc1ccc2c(ccc3occ([C@@H]4CCC(=O)NC4=O)c32)c1. The highest BCUT2D eigenvalue weighted by atomic mass is 16.6. The fraction of sp³-hybridized carbons (Fsp3) is 0.375. The summed E-state index contributed by atoms with van der Waals surface area (Å²) in [7, 11) is 0. The molecule has 1 aliphatic heterocycles. The Kier molecular flexibility index (Phi) is 5.78. The van der Waals surface area contributed by atoms with E-state index in [9.17, 15) is 14.4 Å². The van der Waals surface area contributed by atoms with Crippen LogP contribution in [0.25, 0.3) is 21.7 Å². The molecule has 1 saturated heterocycles. The van der Waals surface area contributed by atoms with Crippen molar-refractivity contribution in [3.05, 3.63) is 42.2 Å². The van der Waals surface area contributed by atoms with Crippen LogP contribution in [0.2, 0.25) is 0 Å². The van der Waals surface area contributed by atoms with Gasteiger partial charge in [0.15, 0.2) is 0 Å². The normalized spacial score (nSPS) is 16.8.